The van der Waals surface area contributed by atoms with Crippen molar-refractivity contribution in [3.05, 3.63) is 95.7 Å². The lowest BCUT2D eigenvalue weighted by atomic mass is 9.95. The van der Waals surface area contributed by atoms with E-state index in [1.165, 1.54) is 5.56 Å². The molecular weight excluding hydrogens is 462 g/mol. The SMILES string of the molecule is C[C@@H](CC(=O)N1CCCc2cccc(OCCNC(=O)Cc3c[nH]c4ccccc34)c21)c1ccccc1. The molecule has 1 aromatic heterocycles. The van der Waals surface area contributed by atoms with Gasteiger partial charge in [-0.1, -0.05) is 67.6 Å². The fraction of sp³-hybridized carbons (Fsp3) is 0.290. The van der Waals surface area contributed by atoms with Crippen LogP contribution in [0, 0.1) is 0 Å². The van der Waals surface area contributed by atoms with Crippen molar-refractivity contribution >= 4 is 28.4 Å². The fourth-order valence-corrected chi connectivity index (χ4v) is 5.12. The molecular formula is C31H33N3O3. The number of aromatic nitrogens is 1. The van der Waals surface area contributed by atoms with Crippen LogP contribution in [-0.4, -0.2) is 36.5 Å². The average molecular weight is 496 g/mol. The van der Waals surface area contributed by atoms with Crippen molar-refractivity contribution in [2.45, 2.75) is 38.5 Å². The normalized spacial score (nSPS) is 13.7. The molecule has 1 atom stereocenters. The number of fused-ring (bicyclic) bond motifs is 2. The molecule has 0 unspecified atom stereocenters. The molecule has 0 saturated heterocycles. The number of H-pyrrole nitrogens is 1. The molecule has 5 rings (SSSR count). The number of carbonyl (C=O) groups is 2. The number of aryl methyl sites for hydroxylation is 1. The van der Waals surface area contributed by atoms with Gasteiger partial charge in [-0.05, 0) is 47.6 Å². The maximum atomic E-state index is 13.4. The zero-order valence-electron chi connectivity index (χ0n) is 21.2. The van der Waals surface area contributed by atoms with Crippen LogP contribution in [0.3, 0.4) is 0 Å². The van der Waals surface area contributed by atoms with Gasteiger partial charge in [0, 0.05) is 30.1 Å². The maximum absolute atomic E-state index is 13.4. The first-order chi connectivity index (χ1) is 18.1. The van der Waals surface area contributed by atoms with E-state index in [9.17, 15) is 9.59 Å². The Morgan fingerprint density at radius 1 is 1.03 bits per heavy atom. The third kappa shape index (κ3) is 5.69. The minimum Gasteiger partial charge on any atom is -0.490 e. The number of rotatable bonds is 9. The molecule has 1 aliphatic rings. The van der Waals surface area contributed by atoms with Crippen LogP contribution in [0.15, 0.2) is 79.0 Å². The highest BCUT2D eigenvalue weighted by Crippen LogP contribution is 2.37. The maximum Gasteiger partial charge on any atom is 0.227 e. The Hall–Kier alpha value is -4.06. The molecule has 0 saturated carbocycles. The number of nitrogens with zero attached hydrogens (tertiary/aromatic N) is 1. The zero-order valence-corrected chi connectivity index (χ0v) is 21.2. The van der Waals surface area contributed by atoms with Gasteiger partial charge >= 0.3 is 0 Å². The Bertz CT molecular complexity index is 1380. The molecule has 0 spiro atoms. The monoisotopic (exact) mass is 495 g/mol. The number of para-hydroxylation sites is 2. The van der Waals surface area contributed by atoms with Gasteiger partial charge in [-0.15, -0.1) is 0 Å². The minimum absolute atomic E-state index is 0.0462. The van der Waals surface area contributed by atoms with E-state index >= 15 is 0 Å². The Morgan fingerprint density at radius 2 is 1.84 bits per heavy atom. The van der Waals surface area contributed by atoms with E-state index in [4.69, 9.17) is 4.74 Å². The van der Waals surface area contributed by atoms with Crippen LogP contribution in [0.25, 0.3) is 10.9 Å². The molecule has 0 fully saturated rings. The number of benzene rings is 3. The highest BCUT2D eigenvalue weighted by atomic mass is 16.5. The molecule has 0 radical (unpaired) electrons. The summed E-state index contributed by atoms with van der Waals surface area (Å²) in [5, 5.41) is 4.02. The summed E-state index contributed by atoms with van der Waals surface area (Å²) in [6, 6.07) is 24.1. The number of hydrogen-bond donors (Lipinski definition) is 2. The van der Waals surface area contributed by atoms with E-state index in [1.54, 1.807) is 0 Å². The summed E-state index contributed by atoms with van der Waals surface area (Å²) >= 11 is 0. The van der Waals surface area contributed by atoms with Gasteiger partial charge in [0.15, 0.2) is 0 Å². The number of carbonyl (C=O) groups excluding carboxylic acids is 2. The summed E-state index contributed by atoms with van der Waals surface area (Å²) in [6.07, 6.45) is 4.51. The van der Waals surface area contributed by atoms with Gasteiger partial charge in [-0.25, -0.2) is 0 Å². The number of nitrogens with one attached hydrogen (secondary N) is 2. The number of hydrogen-bond acceptors (Lipinski definition) is 3. The summed E-state index contributed by atoms with van der Waals surface area (Å²) in [5.41, 5.74) is 5.18. The van der Waals surface area contributed by atoms with Gasteiger partial charge in [0.25, 0.3) is 0 Å². The van der Waals surface area contributed by atoms with Crippen LogP contribution < -0.4 is 15.0 Å². The number of anilines is 1. The van der Waals surface area contributed by atoms with Crippen molar-refractivity contribution in [2.24, 2.45) is 0 Å². The second-order valence-electron chi connectivity index (χ2n) is 9.66. The fourth-order valence-electron chi connectivity index (χ4n) is 5.12. The van der Waals surface area contributed by atoms with Crippen LogP contribution in [0.4, 0.5) is 5.69 Å². The first-order valence-electron chi connectivity index (χ1n) is 13.0. The van der Waals surface area contributed by atoms with Gasteiger partial charge in [0.2, 0.25) is 11.8 Å². The highest BCUT2D eigenvalue weighted by molar-refractivity contribution is 5.96. The summed E-state index contributed by atoms with van der Waals surface area (Å²) in [6.45, 7) is 3.51. The predicted octanol–water partition coefficient (Wildman–Crippen LogP) is 5.38. The lowest BCUT2D eigenvalue weighted by Gasteiger charge is -2.32. The number of ether oxygens (including phenoxy) is 1. The van der Waals surface area contributed by atoms with Crippen LogP contribution in [0.2, 0.25) is 0 Å². The molecule has 1 aliphatic heterocycles. The summed E-state index contributed by atoms with van der Waals surface area (Å²) < 4.78 is 6.12. The molecule has 6 nitrogen and oxygen atoms in total. The van der Waals surface area contributed by atoms with Crippen molar-refractivity contribution in [3.8, 4) is 5.75 Å². The Morgan fingerprint density at radius 3 is 2.70 bits per heavy atom. The van der Waals surface area contributed by atoms with E-state index in [0.717, 1.165) is 40.6 Å². The first kappa shape index (κ1) is 24.6. The molecule has 4 aromatic rings. The van der Waals surface area contributed by atoms with Crippen molar-refractivity contribution in [1.82, 2.24) is 10.3 Å². The number of amides is 2. The topological polar surface area (TPSA) is 74.4 Å². The van der Waals surface area contributed by atoms with Gasteiger partial charge in [-0.2, -0.15) is 0 Å². The third-order valence-corrected chi connectivity index (χ3v) is 7.04. The standard InChI is InChI=1S/C31H33N3O3/c1-22(23-9-3-2-4-10-23)19-30(36)34-17-8-12-24-11-7-15-28(31(24)34)37-18-16-32-29(35)20-25-21-33-27-14-6-5-13-26(25)27/h2-7,9-11,13-15,21-22,33H,8,12,16-20H2,1H3,(H,32,35)/t22-/m0/s1. The molecule has 2 heterocycles. The molecule has 190 valence electrons. The first-order valence-corrected chi connectivity index (χ1v) is 13.0. The van der Waals surface area contributed by atoms with Gasteiger partial charge in [0.1, 0.15) is 12.4 Å². The molecule has 3 aromatic carbocycles. The van der Waals surface area contributed by atoms with Crippen LogP contribution in [0.1, 0.15) is 42.4 Å². The quantitative estimate of drug-likeness (QED) is 0.306. The lowest BCUT2D eigenvalue weighted by molar-refractivity contribution is -0.120. The van der Waals surface area contributed by atoms with E-state index in [2.05, 4.69) is 35.4 Å². The van der Waals surface area contributed by atoms with E-state index in [-0.39, 0.29) is 17.7 Å². The Labute approximate surface area is 217 Å². The largest absolute Gasteiger partial charge is 0.490 e. The van der Waals surface area contributed by atoms with Crippen LogP contribution >= 0.6 is 0 Å². The molecule has 0 bridgehead atoms. The number of aromatic amines is 1. The average Bonchev–Trinajstić information content (AvgIpc) is 3.33. The van der Waals surface area contributed by atoms with E-state index in [1.807, 2.05) is 65.7 Å². The second-order valence-corrected chi connectivity index (χ2v) is 9.66. The summed E-state index contributed by atoms with van der Waals surface area (Å²) in [5.74, 6) is 0.902. The van der Waals surface area contributed by atoms with Crippen molar-refractivity contribution < 1.29 is 14.3 Å². The smallest absolute Gasteiger partial charge is 0.227 e. The predicted molar refractivity (Wildman–Crippen MR) is 147 cm³/mol. The molecule has 2 amide bonds. The van der Waals surface area contributed by atoms with Crippen LogP contribution in [-0.2, 0) is 22.4 Å². The Balaban J connectivity index is 1.19. The third-order valence-electron chi connectivity index (χ3n) is 7.04. The molecule has 37 heavy (non-hydrogen) atoms. The highest BCUT2D eigenvalue weighted by Gasteiger charge is 2.27. The molecule has 0 aliphatic carbocycles. The lowest BCUT2D eigenvalue weighted by Crippen LogP contribution is -2.36. The minimum atomic E-state index is -0.0462. The van der Waals surface area contributed by atoms with Crippen molar-refractivity contribution in [2.75, 3.05) is 24.6 Å². The summed E-state index contributed by atoms with van der Waals surface area (Å²) in [7, 11) is 0. The van der Waals surface area contributed by atoms with Crippen LogP contribution in [0.5, 0.6) is 5.75 Å². The van der Waals surface area contributed by atoms with E-state index < -0.39 is 0 Å². The Kier molecular flexibility index (Phi) is 7.54. The van der Waals surface area contributed by atoms with Gasteiger partial charge < -0.3 is 19.9 Å². The van der Waals surface area contributed by atoms with Gasteiger partial charge in [-0.3, -0.25) is 9.59 Å². The van der Waals surface area contributed by atoms with E-state index in [0.29, 0.717) is 38.3 Å². The van der Waals surface area contributed by atoms with Crippen molar-refractivity contribution in [1.29, 1.82) is 0 Å². The van der Waals surface area contributed by atoms with Crippen molar-refractivity contribution in [3.63, 3.8) is 0 Å². The zero-order chi connectivity index (χ0) is 25.6. The molecule has 6 heteroatoms. The second kappa shape index (κ2) is 11.3. The molecule has 2 N–H and O–H groups in total. The summed E-state index contributed by atoms with van der Waals surface area (Å²) in [4.78, 5) is 31.0. The van der Waals surface area contributed by atoms with Gasteiger partial charge in [0.05, 0.1) is 18.7 Å².